The van der Waals surface area contributed by atoms with Crippen molar-refractivity contribution in [3.63, 3.8) is 0 Å². The molecular weight excluding hydrogens is 274 g/mol. The molecule has 0 aromatic carbocycles. The van der Waals surface area contributed by atoms with E-state index in [1.54, 1.807) is 26.3 Å². The molecule has 0 saturated carbocycles. The van der Waals surface area contributed by atoms with Gasteiger partial charge in [-0.1, -0.05) is 6.92 Å². The lowest BCUT2D eigenvalue weighted by molar-refractivity contribution is 0.0692. The molecule has 0 saturated heterocycles. The highest BCUT2D eigenvalue weighted by atomic mass is 16.4. The minimum atomic E-state index is -1.09. The van der Waals surface area contributed by atoms with Crippen molar-refractivity contribution in [2.24, 2.45) is 0 Å². The number of carbonyl (C=O) groups excluding carboxylic acids is 1. The third kappa shape index (κ3) is 2.99. The Balaban J connectivity index is 2.19. The largest absolute Gasteiger partial charge is 0.478 e. The van der Waals surface area contributed by atoms with Gasteiger partial charge in [-0.3, -0.25) is 4.79 Å². The molecule has 6 heteroatoms. The summed E-state index contributed by atoms with van der Waals surface area (Å²) >= 11 is 0. The van der Waals surface area contributed by atoms with E-state index in [9.17, 15) is 9.59 Å². The zero-order valence-electron chi connectivity index (χ0n) is 12.2. The van der Waals surface area contributed by atoms with Crippen LogP contribution in [0.25, 0.3) is 0 Å². The molecule has 6 nitrogen and oxygen atoms in total. The van der Waals surface area contributed by atoms with Gasteiger partial charge in [0.2, 0.25) is 0 Å². The lowest BCUT2D eigenvalue weighted by Gasteiger charge is -2.15. The smallest absolute Gasteiger partial charge is 0.339 e. The van der Waals surface area contributed by atoms with Crippen LogP contribution in [0.15, 0.2) is 27.2 Å². The van der Waals surface area contributed by atoms with Crippen LogP contribution in [0.5, 0.6) is 0 Å². The van der Waals surface area contributed by atoms with Crippen LogP contribution in [0, 0.1) is 6.92 Å². The SMILES string of the molecule is CCc1oc(C(=O)N(C)Cc2ccoc2C)cc1C(=O)O. The molecule has 2 aromatic rings. The molecule has 0 aliphatic carbocycles. The van der Waals surface area contributed by atoms with Crippen molar-refractivity contribution in [3.8, 4) is 0 Å². The number of aromatic carboxylic acids is 1. The topological polar surface area (TPSA) is 83.9 Å². The standard InChI is InChI=1S/C15H17NO5/c1-4-12-11(15(18)19)7-13(21-12)14(17)16(3)8-10-5-6-20-9(10)2/h5-7H,4,8H2,1-3H3,(H,18,19). The highest BCUT2D eigenvalue weighted by Gasteiger charge is 2.22. The number of carboxylic acids is 1. The summed E-state index contributed by atoms with van der Waals surface area (Å²) in [4.78, 5) is 24.8. The first-order valence-electron chi connectivity index (χ1n) is 6.58. The van der Waals surface area contributed by atoms with Crippen molar-refractivity contribution in [1.82, 2.24) is 4.90 Å². The molecule has 0 atom stereocenters. The number of amides is 1. The first-order chi connectivity index (χ1) is 9.93. The summed E-state index contributed by atoms with van der Waals surface area (Å²) in [6.45, 7) is 3.96. The summed E-state index contributed by atoms with van der Waals surface area (Å²) in [5, 5.41) is 9.08. The lowest BCUT2D eigenvalue weighted by atomic mass is 10.2. The van der Waals surface area contributed by atoms with Crippen LogP contribution in [0.2, 0.25) is 0 Å². The summed E-state index contributed by atoms with van der Waals surface area (Å²) in [5.74, 6) is -0.373. The number of furan rings is 2. The second kappa shape index (κ2) is 5.87. The maximum atomic E-state index is 12.3. The van der Waals surface area contributed by atoms with Gasteiger partial charge in [0.15, 0.2) is 5.76 Å². The zero-order valence-corrected chi connectivity index (χ0v) is 12.2. The van der Waals surface area contributed by atoms with Crippen LogP contribution in [0.3, 0.4) is 0 Å². The fourth-order valence-corrected chi connectivity index (χ4v) is 2.07. The van der Waals surface area contributed by atoms with Crippen LogP contribution in [-0.2, 0) is 13.0 Å². The quantitative estimate of drug-likeness (QED) is 0.915. The van der Waals surface area contributed by atoms with Gasteiger partial charge < -0.3 is 18.8 Å². The first-order valence-corrected chi connectivity index (χ1v) is 6.58. The van der Waals surface area contributed by atoms with Crippen molar-refractivity contribution in [3.05, 3.63) is 46.8 Å². The number of hydrogen-bond acceptors (Lipinski definition) is 4. The van der Waals surface area contributed by atoms with Gasteiger partial charge in [-0.25, -0.2) is 4.79 Å². The summed E-state index contributed by atoms with van der Waals surface area (Å²) < 4.78 is 10.5. The maximum absolute atomic E-state index is 12.3. The molecule has 21 heavy (non-hydrogen) atoms. The van der Waals surface area contributed by atoms with E-state index in [0.717, 1.165) is 11.3 Å². The average molecular weight is 291 g/mol. The van der Waals surface area contributed by atoms with Gasteiger partial charge in [-0.2, -0.15) is 0 Å². The third-order valence-electron chi connectivity index (χ3n) is 3.29. The Labute approximate surface area is 122 Å². The molecule has 0 radical (unpaired) electrons. The Kier molecular flexibility index (Phi) is 4.16. The molecule has 0 unspecified atom stereocenters. The van der Waals surface area contributed by atoms with Crippen molar-refractivity contribution in [1.29, 1.82) is 0 Å². The van der Waals surface area contributed by atoms with E-state index in [1.165, 1.54) is 11.0 Å². The van der Waals surface area contributed by atoms with Crippen molar-refractivity contribution in [2.45, 2.75) is 26.8 Å². The van der Waals surface area contributed by atoms with E-state index >= 15 is 0 Å². The predicted octanol–water partition coefficient (Wildman–Crippen LogP) is 2.71. The number of nitrogens with zero attached hydrogens (tertiary/aromatic N) is 1. The molecule has 0 aliphatic rings. The number of hydrogen-bond donors (Lipinski definition) is 1. The monoisotopic (exact) mass is 291 g/mol. The Bertz CT molecular complexity index is 667. The fourth-order valence-electron chi connectivity index (χ4n) is 2.07. The number of carbonyl (C=O) groups is 2. The molecule has 0 spiro atoms. The molecule has 2 aromatic heterocycles. The minimum Gasteiger partial charge on any atom is -0.478 e. The molecule has 0 bridgehead atoms. The van der Waals surface area contributed by atoms with E-state index in [2.05, 4.69) is 0 Å². The van der Waals surface area contributed by atoms with Crippen LogP contribution < -0.4 is 0 Å². The third-order valence-corrected chi connectivity index (χ3v) is 3.29. The molecule has 2 rings (SSSR count). The van der Waals surface area contributed by atoms with Crippen LogP contribution in [0.1, 0.15) is 44.9 Å². The van der Waals surface area contributed by atoms with E-state index in [1.807, 2.05) is 6.92 Å². The Morgan fingerprint density at radius 3 is 2.57 bits per heavy atom. The Morgan fingerprint density at radius 2 is 2.10 bits per heavy atom. The van der Waals surface area contributed by atoms with E-state index in [0.29, 0.717) is 18.7 Å². The molecule has 2 heterocycles. The summed E-state index contributed by atoms with van der Waals surface area (Å²) in [7, 11) is 1.63. The van der Waals surface area contributed by atoms with E-state index in [4.69, 9.17) is 13.9 Å². The lowest BCUT2D eigenvalue weighted by Crippen LogP contribution is -2.25. The Hall–Kier alpha value is -2.50. The fraction of sp³-hybridized carbons (Fsp3) is 0.333. The minimum absolute atomic E-state index is 0.0351. The van der Waals surface area contributed by atoms with E-state index < -0.39 is 5.97 Å². The molecule has 112 valence electrons. The van der Waals surface area contributed by atoms with Gasteiger partial charge >= 0.3 is 5.97 Å². The molecule has 1 amide bonds. The van der Waals surface area contributed by atoms with Crippen LogP contribution >= 0.6 is 0 Å². The molecule has 1 N–H and O–H groups in total. The maximum Gasteiger partial charge on any atom is 0.339 e. The Morgan fingerprint density at radius 1 is 1.38 bits per heavy atom. The van der Waals surface area contributed by atoms with Gasteiger partial charge in [0.05, 0.1) is 6.26 Å². The van der Waals surface area contributed by atoms with Gasteiger partial charge in [0, 0.05) is 31.6 Å². The van der Waals surface area contributed by atoms with Crippen molar-refractivity contribution in [2.75, 3.05) is 7.05 Å². The summed E-state index contributed by atoms with van der Waals surface area (Å²) in [6.07, 6.45) is 1.98. The van der Waals surface area contributed by atoms with E-state index in [-0.39, 0.29) is 17.2 Å². The average Bonchev–Trinajstić information content (AvgIpc) is 3.04. The summed E-state index contributed by atoms with van der Waals surface area (Å²) in [6, 6.07) is 3.07. The predicted molar refractivity (Wildman–Crippen MR) is 74.3 cm³/mol. The summed E-state index contributed by atoms with van der Waals surface area (Å²) in [5.41, 5.74) is 0.931. The second-order valence-electron chi connectivity index (χ2n) is 4.77. The highest BCUT2D eigenvalue weighted by molar-refractivity contribution is 5.96. The van der Waals surface area contributed by atoms with Crippen LogP contribution in [-0.4, -0.2) is 28.9 Å². The van der Waals surface area contributed by atoms with Crippen LogP contribution in [0.4, 0.5) is 0 Å². The van der Waals surface area contributed by atoms with Gasteiger partial charge in [-0.05, 0) is 13.0 Å². The molecule has 0 fully saturated rings. The van der Waals surface area contributed by atoms with Gasteiger partial charge in [-0.15, -0.1) is 0 Å². The zero-order chi connectivity index (χ0) is 15.6. The highest BCUT2D eigenvalue weighted by Crippen LogP contribution is 2.19. The number of aryl methyl sites for hydroxylation is 2. The van der Waals surface area contributed by atoms with Crippen molar-refractivity contribution < 1.29 is 23.5 Å². The number of carboxylic acid groups (broad SMARTS) is 1. The molecule has 0 aliphatic heterocycles. The normalized spacial score (nSPS) is 10.6. The number of rotatable bonds is 5. The second-order valence-corrected chi connectivity index (χ2v) is 4.77. The molecular formula is C15H17NO5. The first kappa shape index (κ1) is 14.9. The van der Waals surface area contributed by atoms with Crippen molar-refractivity contribution >= 4 is 11.9 Å². The van der Waals surface area contributed by atoms with Gasteiger partial charge in [0.1, 0.15) is 17.1 Å². The van der Waals surface area contributed by atoms with Gasteiger partial charge in [0.25, 0.3) is 5.91 Å².